The van der Waals surface area contributed by atoms with Crippen molar-refractivity contribution in [1.82, 2.24) is 0 Å². The Hall–Kier alpha value is -2.55. The topological polar surface area (TPSA) is 102 Å². The van der Waals surface area contributed by atoms with Crippen molar-refractivity contribution >= 4 is 33.4 Å². The molecule has 0 bridgehead atoms. The molecule has 0 fully saturated rings. The normalized spacial score (nSPS) is 11.3. The van der Waals surface area contributed by atoms with Crippen LogP contribution in [0.5, 0.6) is 0 Å². The van der Waals surface area contributed by atoms with Crippen LogP contribution in [-0.4, -0.2) is 14.3 Å². The fourth-order valence-electron chi connectivity index (χ4n) is 2.50. The molecule has 1 amide bonds. The second-order valence-corrected chi connectivity index (χ2v) is 8.43. The van der Waals surface area contributed by atoms with Crippen molar-refractivity contribution in [3.8, 4) is 0 Å². The van der Waals surface area contributed by atoms with Crippen molar-refractivity contribution in [3.63, 3.8) is 0 Å². The standard InChI is InChI=1S/C19H18N2O4S2/c1-13-7-8-15(11-17(13)27(20,23)24)21-19(22)18-14(9-10-25-18)12-26-16-5-3-2-4-6-16/h2-11H,12H2,1H3,(H,21,22)(H2,20,23,24). The molecular weight excluding hydrogens is 384 g/mol. The summed E-state index contributed by atoms with van der Waals surface area (Å²) in [6.07, 6.45) is 1.46. The number of carbonyl (C=O) groups excluding carboxylic acids is 1. The SMILES string of the molecule is Cc1ccc(NC(=O)c2occc2CSc2ccccc2)cc1S(N)(=O)=O. The smallest absolute Gasteiger partial charge is 0.291 e. The Labute approximate surface area is 161 Å². The number of nitrogens with one attached hydrogen (secondary N) is 1. The third-order valence-corrected chi connectivity index (χ3v) is 5.96. The van der Waals surface area contributed by atoms with Crippen LogP contribution in [0.2, 0.25) is 0 Å². The summed E-state index contributed by atoms with van der Waals surface area (Å²) in [4.78, 5) is 13.6. The number of hydrogen-bond acceptors (Lipinski definition) is 5. The molecular formula is C19H18N2O4S2. The zero-order chi connectivity index (χ0) is 19.4. The number of rotatable bonds is 6. The molecule has 1 heterocycles. The Morgan fingerprint density at radius 3 is 2.59 bits per heavy atom. The van der Waals surface area contributed by atoms with E-state index in [4.69, 9.17) is 9.56 Å². The molecule has 0 aliphatic carbocycles. The van der Waals surface area contributed by atoms with Gasteiger partial charge in [-0.3, -0.25) is 4.79 Å². The minimum absolute atomic E-state index is 0.0281. The van der Waals surface area contributed by atoms with Crippen LogP contribution < -0.4 is 10.5 Å². The first kappa shape index (κ1) is 19.2. The van der Waals surface area contributed by atoms with Crippen LogP contribution >= 0.6 is 11.8 Å². The van der Waals surface area contributed by atoms with Gasteiger partial charge >= 0.3 is 0 Å². The molecule has 0 atom stereocenters. The average molecular weight is 402 g/mol. The summed E-state index contributed by atoms with van der Waals surface area (Å²) < 4.78 is 28.6. The minimum Gasteiger partial charge on any atom is -0.459 e. The highest BCUT2D eigenvalue weighted by molar-refractivity contribution is 7.98. The molecule has 2 aromatic carbocycles. The fourth-order valence-corrected chi connectivity index (χ4v) is 4.21. The third-order valence-electron chi connectivity index (χ3n) is 3.84. The summed E-state index contributed by atoms with van der Waals surface area (Å²) in [5.41, 5.74) is 1.58. The number of primary sulfonamides is 1. The second kappa shape index (κ2) is 7.99. The molecule has 0 unspecified atom stereocenters. The van der Waals surface area contributed by atoms with Crippen LogP contribution in [0.15, 0.2) is 75.1 Å². The number of furan rings is 1. The zero-order valence-corrected chi connectivity index (χ0v) is 16.1. The molecule has 140 valence electrons. The van der Waals surface area contributed by atoms with E-state index in [1.165, 1.54) is 12.3 Å². The van der Waals surface area contributed by atoms with Crippen LogP contribution in [0.4, 0.5) is 5.69 Å². The molecule has 0 saturated heterocycles. The Balaban J connectivity index is 1.75. The largest absolute Gasteiger partial charge is 0.459 e. The van der Waals surface area contributed by atoms with E-state index in [-0.39, 0.29) is 10.7 Å². The Bertz CT molecular complexity index is 1060. The maximum Gasteiger partial charge on any atom is 0.291 e. The zero-order valence-electron chi connectivity index (χ0n) is 14.5. The average Bonchev–Trinajstić information content (AvgIpc) is 3.10. The van der Waals surface area contributed by atoms with Crippen LogP contribution in [0, 0.1) is 6.92 Å². The predicted molar refractivity (Wildman–Crippen MR) is 105 cm³/mol. The first-order valence-electron chi connectivity index (χ1n) is 8.03. The van der Waals surface area contributed by atoms with Crippen LogP contribution in [0.25, 0.3) is 0 Å². The van der Waals surface area contributed by atoms with Gasteiger partial charge < -0.3 is 9.73 Å². The number of benzene rings is 2. The van der Waals surface area contributed by atoms with Crippen LogP contribution in [0.1, 0.15) is 21.7 Å². The van der Waals surface area contributed by atoms with Gasteiger partial charge in [-0.25, -0.2) is 13.6 Å². The Morgan fingerprint density at radius 1 is 1.15 bits per heavy atom. The lowest BCUT2D eigenvalue weighted by Gasteiger charge is -2.09. The number of hydrogen-bond donors (Lipinski definition) is 2. The van der Waals surface area contributed by atoms with E-state index in [0.717, 1.165) is 10.5 Å². The highest BCUT2D eigenvalue weighted by Gasteiger charge is 2.18. The molecule has 0 spiro atoms. The van der Waals surface area contributed by atoms with Gasteiger partial charge in [0.25, 0.3) is 5.91 Å². The van der Waals surface area contributed by atoms with Gasteiger partial charge in [-0.1, -0.05) is 24.3 Å². The molecule has 8 heteroatoms. The summed E-state index contributed by atoms with van der Waals surface area (Å²) in [6, 6.07) is 16.1. The predicted octanol–water partition coefficient (Wildman–Crippen LogP) is 3.78. The number of nitrogens with two attached hydrogens (primary N) is 1. The monoisotopic (exact) mass is 402 g/mol. The summed E-state index contributed by atoms with van der Waals surface area (Å²) in [7, 11) is -3.87. The van der Waals surface area contributed by atoms with E-state index < -0.39 is 15.9 Å². The molecule has 1 aromatic heterocycles. The quantitative estimate of drug-likeness (QED) is 0.611. The number of aryl methyl sites for hydroxylation is 1. The van der Waals surface area contributed by atoms with Gasteiger partial charge in [-0.05, 0) is 42.8 Å². The van der Waals surface area contributed by atoms with Gasteiger partial charge in [-0.15, -0.1) is 11.8 Å². The third kappa shape index (κ3) is 4.79. The fraction of sp³-hybridized carbons (Fsp3) is 0.105. The van der Waals surface area contributed by atoms with Gasteiger partial charge in [0.1, 0.15) is 0 Å². The first-order chi connectivity index (χ1) is 12.8. The molecule has 3 aromatic rings. The van der Waals surface area contributed by atoms with Crippen molar-refractivity contribution in [2.75, 3.05) is 5.32 Å². The molecule has 27 heavy (non-hydrogen) atoms. The van der Waals surface area contributed by atoms with Gasteiger partial charge in [0, 0.05) is 21.9 Å². The van der Waals surface area contributed by atoms with Gasteiger partial charge in [0.15, 0.2) is 5.76 Å². The van der Waals surface area contributed by atoms with E-state index in [1.807, 2.05) is 30.3 Å². The Morgan fingerprint density at radius 2 is 1.89 bits per heavy atom. The van der Waals surface area contributed by atoms with Crippen LogP contribution in [-0.2, 0) is 15.8 Å². The molecule has 0 saturated carbocycles. The molecule has 0 aliphatic heterocycles. The molecule has 6 nitrogen and oxygen atoms in total. The van der Waals surface area contributed by atoms with Gasteiger partial charge in [0.2, 0.25) is 10.0 Å². The van der Waals surface area contributed by atoms with Crippen molar-refractivity contribution in [2.45, 2.75) is 22.5 Å². The van der Waals surface area contributed by atoms with Crippen LogP contribution in [0.3, 0.4) is 0 Å². The van der Waals surface area contributed by atoms with Crippen molar-refractivity contribution in [1.29, 1.82) is 0 Å². The van der Waals surface area contributed by atoms with E-state index in [2.05, 4.69) is 5.32 Å². The summed E-state index contributed by atoms with van der Waals surface area (Å²) >= 11 is 1.59. The number of carbonyl (C=O) groups is 1. The summed E-state index contributed by atoms with van der Waals surface area (Å²) in [5.74, 6) is 0.309. The van der Waals surface area contributed by atoms with Gasteiger partial charge in [-0.2, -0.15) is 0 Å². The van der Waals surface area contributed by atoms with E-state index >= 15 is 0 Å². The number of sulfonamides is 1. The molecule has 3 rings (SSSR count). The van der Waals surface area contributed by atoms with E-state index in [0.29, 0.717) is 17.0 Å². The molecule has 0 aliphatic rings. The van der Waals surface area contributed by atoms with Gasteiger partial charge in [0.05, 0.1) is 11.2 Å². The highest BCUT2D eigenvalue weighted by atomic mass is 32.2. The molecule has 0 radical (unpaired) electrons. The molecule has 3 N–H and O–H groups in total. The summed E-state index contributed by atoms with van der Waals surface area (Å²) in [6.45, 7) is 1.64. The van der Waals surface area contributed by atoms with Crippen molar-refractivity contribution < 1.29 is 17.6 Å². The number of anilines is 1. The first-order valence-corrected chi connectivity index (χ1v) is 10.6. The summed E-state index contributed by atoms with van der Waals surface area (Å²) in [5, 5.41) is 7.87. The van der Waals surface area contributed by atoms with Crippen molar-refractivity contribution in [3.05, 3.63) is 77.7 Å². The lowest BCUT2D eigenvalue weighted by atomic mass is 10.2. The van der Waals surface area contributed by atoms with Crippen molar-refractivity contribution in [2.24, 2.45) is 5.14 Å². The van der Waals surface area contributed by atoms with E-state index in [9.17, 15) is 13.2 Å². The highest BCUT2D eigenvalue weighted by Crippen LogP contribution is 2.26. The lowest BCUT2D eigenvalue weighted by Crippen LogP contribution is -2.16. The lowest BCUT2D eigenvalue weighted by molar-refractivity contribution is 0.0995. The maximum atomic E-state index is 12.6. The minimum atomic E-state index is -3.87. The number of thioether (sulfide) groups is 1. The Kier molecular flexibility index (Phi) is 5.69. The second-order valence-electron chi connectivity index (χ2n) is 5.86. The maximum absolute atomic E-state index is 12.6. The van der Waals surface area contributed by atoms with E-state index in [1.54, 1.807) is 36.9 Å². The number of amides is 1.